The molecule has 0 spiro atoms. The molecule has 0 aromatic rings. The summed E-state index contributed by atoms with van der Waals surface area (Å²) in [5.41, 5.74) is 0. The molecule has 2 amide bonds. The highest BCUT2D eigenvalue weighted by atomic mass is 16.4. The molecule has 0 fully saturated rings. The molecule has 0 aromatic carbocycles. The summed E-state index contributed by atoms with van der Waals surface area (Å²) in [6.45, 7) is 0.590. The number of unbranched alkanes of at least 4 members (excludes halogenated alkanes) is 4. The Morgan fingerprint density at radius 1 is 0.760 bits per heavy atom. The van der Waals surface area contributed by atoms with E-state index in [1.165, 1.54) is 0 Å². The Morgan fingerprint density at radius 2 is 1.32 bits per heavy atom. The zero-order valence-corrected chi connectivity index (χ0v) is 14.8. The number of rotatable bonds is 16. The average molecular weight is 360 g/mol. The van der Waals surface area contributed by atoms with E-state index in [9.17, 15) is 14.4 Å². The monoisotopic (exact) mass is 360 g/mol. The number of carboxylic acids is 1. The minimum absolute atomic E-state index is 0.0854. The van der Waals surface area contributed by atoms with Crippen LogP contribution in [0.15, 0.2) is 0 Å². The van der Waals surface area contributed by atoms with Crippen molar-refractivity contribution in [2.45, 2.75) is 70.3 Å². The second-order valence-electron chi connectivity index (χ2n) is 6.02. The first-order valence-corrected chi connectivity index (χ1v) is 9.01. The minimum atomic E-state index is -1.08. The number of carboxylic acid groups (broad SMARTS) is 1. The number of carbonyl (C=O) groups excluding carboxylic acids is 2. The molecule has 0 unspecified atom stereocenters. The number of aliphatic hydroxyl groups is 2. The molecule has 5 N–H and O–H groups in total. The van der Waals surface area contributed by atoms with Crippen molar-refractivity contribution in [1.82, 2.24) is 10.6 Å². The van der Waals surface area contributed by atoms with Gasteiger partial charge in [0.1, 0.15) is 6.04 Å². The zero-order valence-electron chi connectivity index (χ0n) is 14.8. The Bertz CT molecular complexity index is 389. The largest absolute Gasteiger partial charge is 0.480 e. The molecular weight excluding hydrogens is 328 g/mol. The number of amides is 2. The molecule has 0 aliphatic rings. The molecule has 0 bridgehead atoms. The Hall–Kier alpha value is -1.67. The highest BCUT2D eigenvalue weighted by Gasteiger charge is 2.19. The molecule has 0 aromatic heterocycles. The number of hydrogen-bond acceptors (Lipinski definition) is 5. The van der Waals surface area contributed by atoms with Crippen LogP contribution in [0.5, 0.6) is 0 Å². The van der Waals surface area contributed by atoms with Gasteiger partial charge in [0.25, 0.3) is 0 Å². The first kappa shape index (κ1) is 23.3. The van der Waals surface area contributed by atoms with Crippen LogP contribution in [0, 0.1) is 0 Å². The fourth-order valence-corrected chi connectivity index (χ4v) is 2.29. The van der Waals surface area contributed by atoms with Crippen molar-refractivity contribution < 1.29 is 29.7 Å². The molecule has 8 nitrogen and oxygen atoms in total. The molecule has 146 valence electrons. The number of aliphatic hydroxyl groups excluding tert-OH is 2. The molecule has 0 aliphatic carbocycles. The SMILES string of the molecule is O=C(CCCCCO)NCCC[C@@H](NC(=O)CCCCCO)C(=O)O. The maximum absolute atomic E-state index is 11.7. The molecule has 0 radical (unpaired) electrons. The van der Waals surface area contributed by atoms with E-state index in [4.69, 9.17) is 15.3 Å². The van der Waals surface area contributed by atoms with Crippen molar-refractivity contribution in [1.29, 1.82) is 0 Å². The number of hydrogen-bond donors (Lipinski definition) is 5. The standard InChI is InChI=1S/C17H32N2O6/c20-12-5-1-3-9-15(22)18-11-7-8-14(17(24)25)19-16(23)10-4-2-6-13-21/h14,20-21H,1-13H2,(H,18,22)(H,19,23)(H,24,25)/t14-/m1/s1. The number of carbonyl (C=O) groups is 3. The topological polar surface area (TPSA) is 136 Å². The molecule has 0 aliphatic heterocycles. The van der Waals surface area contributed by atoms with E-state index >= 15 is 0 Å². The average Bonchev–Trinajstić information content (AvgIpc) is 2.58. The summed E-state index contributed by atoms with van der Waals surface area (Å²) < 4.78 is 0. The molecular formula is C17H32N2O6. The maximum atomic E-state index is 11.7. The third-order valence-corrected chi connectivity index (χ3v) is 3.75. The van der Waals surface area contributed by atoms with Crippen LogP contribution in [0.2, 0.25) is 0 Å². The summed E-state index contributed by atoms with van der Waals surface area (Å²) in [4.78, 5) is 34.5. The Morgan fingerprint density at radius 3 is 1.84 bits per heavy atom. The summed E-state index contributed by atoms with van der Waals surface area (Å²) in [5.74, 6) is -1.48. The predicted octanol–water partition coefficient (Wildman–Crippen LogP) is 0.558. The molecule has 25 heavy (non-hydrogen) atoms. The van der Waals surface area contributed by atoms with Gasteiger partial charge >= 0.3 is 5.97 Å². The summed E-state index contributed by atoms with van der Waals surface area (Å²) in [5, 5.41) is 31.7. The highest BCUT2D eigenvalue weighted by Crippen LogP contribution is 2.03. The van der Waals surface area contributed by atoms with Gasteiger partial charge in [-0.2, -0.15) is 0 Å². The Kier molecular flexibility index (Phi) is 14.8. The van der Waals surface area contributed by atoms with E-state index in [0.29, 0.717) is 38.6 Å². The van der Waals surface area contributed by atoms with Gasteiger partial charge in [-0.25, -0.2) is 4.79 Å². The number of aliphatic carboxylic acids is 1. The molecule has 8 heteroatoms. The van der Waals surface area contributed by atoms with Crippen LogP contribution in [0.3, 0.4) is 0 Å². The van der Waals surface area contributed by atoms with Gasteiger partial charge in [-0.15, -0.1) is 0 Å². The molecule has 0 saturated heterocycles. The molecule has 0 rings (SSSR count). The van der Waals surface area contributed by atoms with Gasteiger partial charge in [-0.3, -0.25) is 9.59 Å². The van der Waals surface area contributed by atoms with Crippen LogP contribution >= 0.6 is 0 Å². The lowest BCUT2D eigenvalue weighted by molar-refractivity contribution is -0.142. The van der Waals surface area contributed by atoms with Crippen molar-refractivity contribution >= 4 is 17.8 Å². The lowest BCUT2D eigenvalue weighted by Crippen LogP contribution is -2.41. The van der Waals surface area contributed by atoms with Crippen LogP contribution in [-0.4, -0.2) is 58.9 Å². The molecule has 0 saturated carbocycles. The first-order valence-electron chi connectivity index (χ1n) is 9.01. The van der Waals surface area contributed by atoms with E-state index < -0.39 is 12.0 Å². The van der Waals surface area contributed by atoms with Gasteiger partial charge in [0.05, 0.1) is 0 Å². The smallest absolute Gasteiger partial charge is 0.326 e. The fourth-order valence-electron chi connectivity index (χ4n) is 2.29. The van der Waals surface area contributed by atoms with Crippen molar-refractivity contribution in [3.63, 3.8) is 0 Å². The van der Waals surface area contributed by atoms with E-state index in [1.54, 1.807) is 0 Å². The summed E-state index contributed by atoms with van der Waals surface area (Å²) in [7, 11) is 0. The van der Waals surface area contributed by atoms with Crippen LogP contribution in [0.4, 0.5) is 0 Å². The Balaban J connectivity index is 3.87. The lowest BCUT2D eigenvalue weighted by Gasteiger charge is -2.14. The minimum Gasteiger partial charge on any atom is -0.480 e. The summed E-state index contributed by atoms with van der Waals surface area (Å²) in [6.07, 6.45) is 5.54. The van der Waals surface area contributed by atoms with Crippen molar-refractivity contribution in [2.24, 2.45) is 0 Å². The van der Waals surface area contributed by atoms with Crippen LogP contribution in [0.1, 0.15) is 64.2 Å². The number of nitrogens with one attached hydrogen (secondary N) is 2. The van der Waals surface area contributed by atoms with Crippen LogP contribution < -0.4 is 10.6 Å². The predicted molar refractivity (Wildman–Crippen MR) is 92.9 cm³/mol. The van der Waals surface area contributed by atoms with Gasteiger partial charge in [0.15, 0.2) is 0 Å². The van der Waals surface area contributed by atoms with Crippen molar-refractivity contribution in [2.75, 3.05) is 19.8 Å². The van der Waals surface area contributed by atoms with Gasteiger partial charge < -0.3 is 26.0 Å². The molecule has 1 atom stereocenters. The van der Waals surface area contributed by atoms with Gasteiger partial charge in [-0.05, 0) is 38.5 Å². The van der Waals surface area contributed by atoms with E-state index in [-0.39, 0.29) is 37.9 Å². The van der Waals surface area contributed by atoms with Crippen LogP contribution in [0.25, 0.3) is 0 Å². The quantitative estimate of drug-likeness (QED) is 0.255. The second-order valence-corrected chi connectivity index (χ2v) is 6.02. The van der Waals surface area contributed by atoms with Gasteiger partial charge in [0.2, 0.25) is 11.8 Å². The maximum Gasteiger partial charge on any atom is 0.326 e. The van der Waals surface area contributed by atoms with Crippen LogP contribution in [-0.2, 0) is 14.4 Å². The van der Waals surface area contributed by atoms with Gasteiger partial charge in [0, 0.05) is 32.6 Å². The van der Waals surface area contributed by atoms with E-state index in [1.807, 2.05) is 0 Å². The second kappa shape index (κ2) is 15.8. The normalized spacial score (nSPS) is 11.8. The third-order valence-electron chi connectivity index (χ3n) is 3.75. The third kappa shape index (κ3) is 14.4. The first-order chi connectivity index (χ1) is 12.0. The van der Waals surface area contributed by atoms with Gasteiger partial charge in [-0.1, -0.05) is 12.8 Å². The highest BCUT2D eigenvalue weighted by molar-refractivity contribution is 5.83. The lowest BCUT2D eigenvalue weighted by atomic mass is 10.1. The summed E-state index contributed by atoms with van der Waals surface area (Å²) >= 11 is 0. The van der Waals surface area contributed by atoms with Crippen molar-refractivity contribution in [3.05, 3.63) is 0 Å². The zero-order chi connectivity index (χ0) is 18.9. The van der Waals surface area contributed by atoms with Crippen molar-refractivity contribution in [3.8, 4) is 0 Å². The fraction of sp³-hybridized carbons (Fsp3) is 0.824. The van der Waals surface area contributed by atoms with E-state index in [0.717, 1.165) is 19.3 Å². The summed E-state index contributed by atoms with van der Waals surface area (Å²) in [6, 6.07) is -0.952. The van der Waals surface area contributed by atoms with E-state index in [2.05, 4.69) is 10.6 Å². The molecule has 0 heterocycles. The Labute approximate surface area is 149 Å².